The number of hydrogen-bond acceptors (Lipinski definition) is 4. The summed E-state index contributed by atoms with van der Waals surface area (Å²) >= 11 is 6.41. The predicted octanol–water partition coefficient (Wildman–Crippen LogP) is 3.51. The van der Waals surface area contributed by atoms with Crippen LogP contribution in [0.4, 0.5) is 0 Å². The fraction of sp³-hybridized carbons (Fsp3) is 0.222. The first kappa shape index (κ1) is 17.2. The van der Waals surface area contributed by atoms with Crippen LogP contribution in [0.1, 0.15) is 12.5 Å². The zero-order valence-corrected chi connectivity index (χ0v) is 14.2. The van der Waals surface area contributed by atoms with E-state index >= 15 is 0 Å². The number of halogens is 1. The minimum atomic E-state index is -0.206. The summed E-state index contributed by atoms with van der Waals surface area (Å²) in [5.74, 6) is 0.737. The van der Waals surface area contributed by atoms with Gasteiger partial charge in [0.05, 0.1) is 17.9 Å². The molecule has 0 aromatic carbocycles. The molecule has 5 heteroatoms. The number of nitrogens with zero attached hydrogens (tertiary/aromatic N) is 2. The van der Waals surface area contributed by atoms with Gasteiger partial charge in [0, 0.05) is 31.0 Å². The quantitative estimate of drug-likeness (QED) is 0.860. The molecule has 1 aromatic rings. The van der Waals surface area contributed by atoms with Gasteiger partial charge in [0.2, 0.25) is 0 Å². The monoisotopic (exact) mass is 329 g/mol. The van der Waals surface area contributed by atoms with Gasteiger partial charge in [0.25, 0.3) is 0 Å². The van der Waals surface area contributed by atoms with E-state index in [1.807, 2.05) is 43.4 Å². The van der Waals surface area contributed by atoms with Gasteiger partial charge in [-0.25, -0.2) is 0 Å². The summed E-state index contributed by atoms with van der Waals surface area (Å²) in [4.78, 5) is 8.44. The van der Waals surface area contributed by atoms with E-state index in [9.17, 15) is 0 Å². The summed E-state index contributed by atoms with van der Waals surface area (Å²) < 4.78 is 5.40. The van der Waals surface area contributed by atoms with Crippen LogP contribution in [-0.4, -0.2) is 30.9 Å². The average molecular weight is 330 g/mol. The number of ether oxygens (including phenoxy) is 1. The number of pyridine rings is 1. The molecule has 0 spiro atoms. The van der Waals surface area contributed by atoms with Gasteiger partial charge in [-0.05, 0) is 36.3 Å². The second kappa shape index (κ2) is 7.90. The van der Waals surface area contributed by atoms with Gasteiger partial charge in [0.1, 0.15) is 5.75 Å². The van der Waals surface area contributed by atoms with Gasteiger partial charge < -0.3 is 10.5 Å². The lowest BCUT2D eigenvalue weighted by atomic mass is 9.94. The number of rotatable bonds is 4. The number of aromatic nitrogens is 1. The zero-order chi connectivity index (χ0) is 16.8. The molecule has 0 radical (unpaired) electrons. The van der Waals surface area contributed by atoms with Crippen molar-refractivity contribution < 1.29 is 4.74 Å². The maximum absolute atomic E-state index is 6.41. The van der Waals surface area contributed by atoms with Crippen molar-refractivity contribution in [2.45, 2.75) is 13.0 Å². The van der Waals surface area contributed by atoms with Crippen LogP contribution in [0.25, 0.3) is 5.57 Å². The summed E-state index contributed by atoms with van der Waals surface area (Å²) in [5, 5.41) is 0.565. The Morgan fingerprint density at radius 2 is 2.17 bits per heavy atom. The van der Waals surface area contributed by atoms with Crippen molar-refractivity contribution in [3.05, 3.63) is 65.0 Å². The molecule has 1 atom stereocenters. The van der Waals surface area contributed by atoms with Crippen LogP contribution in [0.3, 0.4) is 0 Å². The van der Waals surface area contributed by atoms with Gasteiger partial charge in [0.15, 0.2) is 0 Å². The molecule has 0 saturated heterocycles. The van der Waals surface area contributed by atoms with Gasteiger partial charge in [-0.1, -0.05) is 29.8 Å². The number of allylic oxidation sites excluding steroid dienone is 6. The molecule has 2 rings (SSSR count). The van der Waals surface area contributed by atoms with Gasteiger partial charge in [-0.2, -0.15) is 0 Å². The highest BCUT2D eigenvalue weighted by atomic mass is 35.5. The third-order valence-electron chi connectivity index (χ3n) is 3.42. The maximum Gasteiger partial charge on any atom is 0.129 e. The highest BCUT2D eigenvalue weighted by Crippen LogP contribution is 2.33. The van der Waals surface area contributed by atoms with E-state index in [-0.39, 0.29) is 6.04 Å². The Kier molecular flexibility index (Phi) is 5.90. The minimum Gasteiger partial charge on any atom is -0.496 e. The van der Waals surface area contributed by atoms with E-state index in [0.717, 1.165) is 28.2 Å². The highest BCUT2D eigenvalue weighted by Gasteiger charge is 2.18. The summed E-state index contributed by atoms with van der Waals surface area (Å²) in [6.45, 7) is 1.93. The average Bonchev–Trinajstić information content (AvgIpc) is 2.54. The fourth-order valence-corrected chi connectivity index (χ4v) is 2.71. The molecular formula is C18H20ClN3O. The normalized spacial score (nSPS) is 19.9. The zero-order valence-electron chi connectivity index (χ0n) is 13.5. The second-order valence-electron chi connectivity index (χ2n) is 4.97. The molecule has 1 aliphatic rings. The SMILES string of the molecule is C/C=C/C(N)/C=C1/C=C(c2cnccc2OC)C=C(Cl)/C1=N/C. The van der Waals surface area contributed by atoms with Crippen LogP contribution in [0.2, 0.25) is 0 Å². The van der Waals surface area contributed by atoms with Crippen LogP contribution in [0, 0.1) is 0 Å². The molecule has 1 aliphatic carbocycles. The van der Waals surface area contributed by atoms with Crippen molar-refractivity contribution in [2.24, 2.45) is 10.7 Å². The Morgan fingerprint density at radius 3 is 2.83 bits per heavy atom. The first-order chi connectivity index (χ1) is 11.1. The number of hydrogen-bond donors (Lipinski definition) is 1. The Morgan fingerprint density at radius 1 is 1.39 bits per heavy atom. The summed E-state index contributed by atoms with van der Waals surface area (Å²) in [7, 11) is 3.34. The van der Waals surface area contributed by atoms with Crippen molar-refractivity contribution in [1.29, 1.82) is 0 Å². The van der Waals surface area contributed by atoms with Gasteiger partial charge in [-0.3, -0.25) is 9.98 Å². The molecule has 0 bridgehead atoms. The van der Waals surface area contributed by atoms with E-state index in [0.29, 0.717) is 5.03 Å². The number of nitrogens with two attached hydrogens (primary N) is 1. The largest absolute Gasteiger partial charge is 0.496 e. The molecule has 0 aliphatic heterocycles. The second-order valence-corrected chi connectivity index (χ2v) is 5.37. The molecule has 23 heavy (non-hydrogen) atoms. The highest BCUT2D eigenvalue weighted by molar-refractivity contribution is 6.48. The van der Waals surface area contributed by atoms with E-state index < -0.39 is 0 Å². The molecule has 0 amide bonds. The molecule has 0 saturated carbocycles. The van der Waals surface area contributed by atoms with Crippen LogP contribution < -0.4 is 10.5 Å². The first-order valence-corrected chi connectivity index (χ1v) is 7.63. The molecule has 0 fully saturated rings. The Bertz CT molecular complexity index is 730. The van der Waals surface area contributed by atoms with Crippen LogP contribution in [-0.2, 0) is 0 Å². The molecule has 1 aromatic heterocycles. The van der Waals surface area contributed by atoms with E-state index in [4.69, 9.17) is 22.1 Å². The van der Waals surface area contributed by atoms with Crippen molar-refractivity contribution in [3.63, 3.8) is 0 Å². The lowest BCUT2D eigenvalue weighted by molar-refractivity contribution is 0.413. The number of methoxy groups -OCH3 is 1. The van der Waals surface area contributed by atoms with Gasteiger partial charge >= 0.3 is 0 Å². The van der Waals surface area contributed by atoms with Crippen molar-refractivity contribution in [2.75, 3.05) is 14.2 Å². The summed E-state index contributed by atoms with van der Waals surface area (Å²) in [5.41, 5.74) is 9.45. The Labute approximate surface area is 141 Å². The third kappa shape index (κ3) is 3.97. The van der Waals surface area contributed by atoms with Crippen LogP contribution in [0.15, 0.2) is 64.4 Å². The molecule has 1 unspecified atom stereocenters. The van der Waals surface area contributed by atoms with E-state index in [1.54, 1.807) is 26.6 Å². The molecule has 2 N–H and O–H groups in total. The van der Waals surface area contributed by atoms with E-state index in [1.165, 1.54) is 0 Å². The fourth-order valence-electron chi connectivity index (χ4n) is 2.40. The Hall–Kier alpha value is -2.17. The van der Waals surface area contributed by atoms with Crippen LogP contribution >= 0.6 is 11.6 Å². The molecule has 1 heterocycles. The molecular weight excluding hydrogens is 310 g/mol. The van der Waals surface area contributed by atoms with Crippen molar-refractivity contribution in [3.8, 4) is 5.75 Å². The van der Waals surface area contributed by atoms with Crippen LogP contribution in [0.5, 0.6) is 5.75 Å². The topological polar surface area (TPSA) is 60.5 Å². The standard InChI is InChI=1S/C18H20ClN3O/c1-4-5-14(20)9-13-8-12(10-16(19)18(13)21-2)15-11-22-7-6-17(15)23-3/h4-11,14H,20H2,1-3H3/b5-4+,13-9-,21-18+. The molecule has 4 nitrogen and oxygen atoms in total. The lowest BCUT2D eigenvalue weighted by Crippen LogP contribution is -2.17. The minimum absolute atomic E-state index is 0.206. The predicted molar refractivity (Wildman–Crippen MR) is 96.9 cm³/mol. The maximum atomic E-state index is 6.41. The van der Waals surface area contributed by atoms with E-state index in [2.05, 4.69) is 9.98 Å². The molecule has 120 valence electrons. The number of aliphatic imine (C=N–C) groups is 1. The third-order valence-corrected chi connectivity index (χ3v) is 3.70. The lowest BCUT2D eigenvalue weighted by Gasteiger charge is -2.17. The smallest absolute Gasteiger partial charge is 0.129 e. The first-order valence-electron chi connectivity index (χ1n) is 7.25. The summed E-state index contributed by atoms with van der Waals surface area (Å²) in [6.07, 6.45) is 13.1. The van der Waals surface area contributed by atoms with Crippen molar-refractivity contribution in [1.82, 2.24) is 4.98 Å². The van der Waals surface area contributed by atoms with Crippen molar-refractivity contribution >= 4 is 22.9 Å². The summed E-state index contributed by atoms with van der Waals surface area (Å²) in [6, 6.07) is 1.61. The van der Waals surface area contributed by atoms with Gasteiger partial charge in [-0.15, -0.1) is 0 Å². The Balaban J connectivity index is 2.54.